The molecule has 0 spiro atoms. The van der Waals surface area contributed by atoms with E-state index >= 15 is 0 Å². The van der Waals surface area contributed by atoms with Crippen LogP contribution >= 0.6 is 0 Å². The Balaban J connectivity index is 1.64. The summed E-state index contributed by atoms with van der Waals surface area (Å²) >= 11 is 0. The Morgan fingerprint density at radius 1 is 0.900 bits per heavy atom. The smallest absolute Gasteiger partial charge is 0.253 e. The summed E-state index contributed by atoms with van der Waals surface area (Å²) in [5.41, 5.74) is 3.07. The van der Waals surface area contributed by atoms with Gasteiger partial charge in [-0.1, -0.05) is 49.4 Å². The number of aromatic amines is 1. The van der Waals surface area contributed by atoms with Gasteiger partial charge < -0.3 is 19.2 Å². The first kappa shape index (κ1) is 26.9. The van der Waals surface area contributed by atoms with Crippen LogP contribution in [0.4, 0.5) is 0 Å². The minimum Gasteiger partial charge on any atom is -0.497 e. The highest BCUT2D eigenvalue weighted by atomic mass is 16.5. The first-order valence-electron chi connectivity index (χ1n) is 13.0. The second kappa shape index (κ2) is 12.0. The van der Waals surface area contributed by atoms with Gasteiger partial charge in [0.25, 0.3) is 5.56 Å². The molecule has 0 aliphatic carbocycles. The molecule has 10 heteroatoms. The summed E-state index contributed by atoms with van der Waals surface area (Å²) in [6.07, 6.45) is 0. The van der Waals surface area contributed by atoms with E-state index < -0.39 is 6.04 Å². The summed E-state index contributed by atoms with van der Waals surface area (Å²) in [4.78, 5) is 18.9. The summed E-state index contributed by atoms with van der Waals surface area (Å²) in [6.45, 7) is 3.75. The van der Waals surface area contributed by atoms with Gasteiger partial charge in [-0.05, 0) is 52.4 Å². The summed E-state index contributed by atoms with van der Waals surface area (Å²) in [7, 11) is 4.79. The van der Waals surface area contributed by atoms with Crippen molar-refractivity contribution in [2.24, 2.45) is 0 Å². The lowest BCUT2D eigenvalue weighted by Gasteiger charge is -2.30. The molecule has 0 amide bonds. The molecule has 10 nitrogen and oxygen atoms in total. The highest BCUT2D eigenvalue weighted by Crippen LogP contribution is 2.33. The zero-order chi connectivity index (χ0) is 28.1. The molecule has 3 aromatic carbocycles. The van der Waals surface area contributed by atoms with Gasteiger partial charge in [0, 0.05) is 23.6 Å². The van der Waals surface area contributed by atoms with Gasteiger partial charge in [-0.25, -0.2) is 4.68 Å². The number of nitrogens with zero attached hydrogens (tertiary/aromatic N) is 5. The first-order chi connectivity index (χ1) is 19.5. The molecule has 0 saturated carbocycles. The Hall–Kier alpha value is -4.70. The fraction of sp³-hybridized carbons (Fsp3) is 0.267. The molecular formula is C30H32N6O4. The summed E-state index contributed by atoms with van der Waals surface area (Å²) < 4.78 is 18.0. The molecule has 0 saturated heterocycles. The molecule has 0 aliphatic rings. The molecular weight excluding hydrogens is 508 g/mol. The molecule has 0 aliphatic heterocycles. The minimum absolute atomic E-state index is 0.227. The number of H-pyrrole nitrogens is 1. The summed E-state index contributed by atoms with van der Waals surface area (Å²) in [6, 6.07) is 22.9. The fourth-order valence-corrected chi connectivity index (χ4v) is 4.88. The number of hydrogen-bond acceptors (Lipinski definition) is 8. The molecule has 40 heavy (non-hydrogen) atoms. The van der Waals surface area contributed by atoms with Gasteiger partial charge in [0.05, 0.1) is 33.4 Å². The molecule has 0 unspecified atom stereocenters. The Kier molecular flexibility index (Phi) is 8.07. The Bertz CT molecular complexity index is 1630. The van der Waals surface area contributed by atoms with Crippen LogP contribution in [-0.4, -0.2) is 58.0 Å². The van der Waals surface area contributed by atoms with Crippen molar-refractivity contribution < 1.29 is 14.2 Å². The second-order valence-corrected chi connectivity index (χ2v) is 9.34. The molecule has 0 radical (unpaired) electrons. The van der Waals surface area contributed by atoms with Gasteiger partial charge in [0.2, 0.25) is 0 Å². The van der Waals surface area contributed by atoms with Gasteiger partial charge in [-0.3, -0.25) is 9.69 Å². The number of methoxy groups -OCH3 is 3. The molecule has 0 bridgehead atoms. The molecule has 1 atom stereocenters. The number of benzene rings is 3. The fourth-order valence-electron chi connectivity index (χ4n) is 4.88. The molecule has 0 fully saturated rings. The third kappa shape index (κ3) is 5.52. The third-order valence-electron chi connectivity index (χ3n) is 6.97. The van der Waals surface area contributed by atoms with Crippen molar-refractivity contribution in [1.29, 1.82) is 0 Å². The average Bonchev–Trinajstić information content (AvgIpc) is 3.44. The molecule has 2 aromatic heterocycles. The van der Waals surface area contributed by atoms with Gasteiger partial charge in [-0.15, -0.1) is 5.10 Å². The van der Waals surface area contributed by atoms with Crippen LogP contribution in [0, 0.1) is 0 Å². The first-order valence-corrected chi connectivity index (χ1v) is 13.0. The van der Waals surface area contributed by atoms with E-state index in [-0.39, 0.29) is 5.56 Å². The number of pyridine rings is 1. The van der Waals surface area contributed by atoms with Gasteiger partial charge in [0.15, 0.2) is 17.3 Å². The number of nitrogens with one attached hydrogen (secondary N) is 1. The number of tetrazole rings is 1. The standard InChI is InChI=1S/C30H32N6O4/c1-5-35(18-20-9-7-6-8-10-20)28(29-32-33-34-36(29)19-21-11-13-23(38-2)14-12-21)24-15-22-16-26(39-3)27(40-4)17-25(22)31-30(24)37/h6-17,28H,5,18-19H2,1-4H3,(H,31,37)/t28-/m0/s1. The summed E-state index contributed by atoms with van der Waals surface area (Å²) in [5, 5.41) is 13.6. The Morgan fingerprint density at radius 3 is 2.30 bits per heavy atom. The zero-order valence-electron chi connectivity index (χ0n) is 23.0. The van der Waals surface area contributed by atoms with E-state index in [1.165, 1.54) is 0 Å². The molecule has 5 rings (SSSR count). The Morgan fingerprint density at radius 2 is 1.62 bits per heavy atom. The van der Waals surface area contributed by atoms with E-state index in [1.54, 1.807) is 32.1 Å². The number of rotatable bonds is 11. The van der Waals surface area contributed by atoms with Crippen LogP contribution in [0.15, 0.2) is 77.6 Å². The third-order valence-corrected chi connectivity index (χ3v) is 6.97. The number of ether oxygens (including phenoxy) is 3. The van der Waals surface area contributed by atoms with Crippen LogP contribution in [-0.2, 0) is 13.1 Å². The topological polar surface area (TPSA) is 107 Å². The SMILES string of the molecule is CCN(Cc1ccccc1)[C@@H](c1cc2cc(OC)c(OC)cc2[nH]c1=O)c1nnnn1Cc1ccc(OC)cc1. The van der Waals surface area contributed by atoms with Gasteiger partial charge in [0.1, 0.15) is 11.8 Å². The Labute approximate surface area is 232 Å². The van der Waals surface area contributed by atoms with Crippen molar-refractivity contribution in [3.05, 3.63) is 106 Å². The van der Waals surface area contributed by atoms with E-state index in [0.717, 1.165) is 22.3 Å². The lowest BCUT2D eigenvalue weighted by atomic mass is 10.0. The lowest BCUT2D eigenvalue weighted by Crippen LogP contribution is -2.35. The van der Waals surface area contributed by atoms with Gasteiger partial charge in [-0.2, -0.15) is 0 Å². The maximum absolute atomic E-state index is 13.7. The van der Waals surface area contributed by atoms with Crippen molar-refractivity contribution in [1.82, 2.24) is 30.1 Å². The maximum Gasteiger partial charge on any atom is 0.253 e. The van der Waals surface area contributed by atoms with E-state index in [0.29, 0.717) is 48.0 Å². The predicted molar refractivity (Wildman–Crippen MR) is 152 cm³/mol. The molecule has 1 N–H and O–H groups in total. The van der Waals surface area contributed by atoms with Crippen LogP contribution in [0.5, 0.6) is 17.2 Å². The van der Waals surface area contributed by atoms with Crippen LogP contribution in [0.2, 0.25) is 0 Å². The number of aromatic nitrogens is 5. The van der Waals surface area contributed by atoms with E-state index in [2.05, 4.69) is 44.5 Å². The average molecular weight is 541 g/mol. The zero-order valence-corrected chi connectivity index (χ0v) is 23.0. The van der Waals surface area contributed by atoms with Crippen LogP contribution in [0.1, 0.15) is 35.5 Å². The predicted octanol–water partition coefficient (Wildman–Crippen LogP) is 4.20. The molecule has 2 heterocycles. The lowest BCUT2D eigenvalue weighted by molar-refractivity contribution is 0.214. The maximum atomic E-state index is 13.7. The summed E-state index contributed by atoms with van der Waals surface area (Å²) in [5.74, 6) is 2.45. The monoisotopic (exact) mass is 540 g/mol. The quantitative estimate of drug-likeness (QED) is 0.266. The van der Waals surface area contributed by atoms with Crippen LogP contribution in [0.3, 0.4) is 0 Å². The highest BCUT2D eigenvalue weighted by Gasteiger charge is 2.30. The van der Waals surface area contributed by atoms with Crippen molar-refractivity contribution >= 4 is 10.9 Å². The van der Waals surface area contributed by atoms with Crippen molar-refractivity contribution in [3.63, 3.8) is 0 Å². The van der Waals surface area contributed by atoms with Crippen molar-refractivity contribution in [2.75, 3.05) is 27.9 Å². The highest BCUT2D eigenvalue weighted by molar-refractivity contribution is 5.83. The van der Waals surface area contributed by atoms with E-state index in [4.69, 9.17) is 14.2 Å². The van der Waals surface area contributed by atoms with Crippen LogP contribution in [0.25, 0.3) is 10.9 Å². The molecule has 5 aromatic rings. The second-order valence-electron chi connectivity index (χ2n) is 9.34. The number of fused-ring (bicyclic) bond motifs is 1. The molecule has 206 valence electrons. The largest absolute Gasteiger partial charge is 0.497 e. The van der Waals surface area contributed by atoms with Crippen molar-refractivity contribution in [2.45, 2.75) is 26.1 Å². The van der Waals surface area contributed by atoms with Crippen LogP contribution < -0.4 is 19.8 Å². The van der Waals surface area contributed by atoms with E-state index in [9.17, 15) is 4.79 Å². The van der Waals surface area contributed by atoms with Gasteiger partial charge >= 0.3 is 0 Å². The normalized spacial score (nSPS) is 12.0. The minimum atomic E-state index is -0.528. The number of hydrogen-bond donors (Lipinski definition) is 1. The van der Waals surface area contributed by atoms with E-state index in [1.807, 2.05) is 54.6 Å². The van der Waals surface area contributed by atoms with Crippen molar-refractivity contribution in [3.8, 4) is 17.2 Å².